The van der Waals surface area contributed by atoms with Gasteiger partial charge in [0, 0.05) is 35.9 Å². The van der Waals surface area contributed by atoms with E-state index in [4.69, 9.17) is 4.74 Å². The number of ether oxygens (including phenoxy) is 1. The van der Waals surface area contributed by atoms with E-state index in [-0.39, 0.29) is 42.7 Å². The number of aliphatic hydroxyl groups excluding tert-OH is 1. The van der Waals surface area contributed by atoms with Gasteiger partial charge in [-0.2, -0.15) is 13.2 Å². The average molecular weight is 523 g/mol. The third kappa shape index (κ3) is 7.59. The molecule has 8 nitrogen and oxygen atoms in total. The number of fused-ring (bicyclic) bond motifs is 1. The zero-order chi connectivity index (χ0) is 27.3. The topological polar surface area (TPSA) is 94.1 Å². The first-order chi connectivity index (χ1) is 17.4. The van der Waals surface area contributed by atoms with Crippen molar-refractivity contribution < 1.29 is 32.6 Å². The van der Waals surface area contributed by atoms with Crippen molar-refractivity contribution in [3.63, 3.8) is 0 Å². The fraction of sp³-hybridized carbons (Fsp3) is 0.462. The number of carbonyl (C=O) groups excluding carboxylic acids is 2. The van der Waals surface area contributed by atoms with Crippen LogP contribution >= 0.6 is 0 Å². The SMILES string of the molecule is C[C@@H]1CN([C@H](C)CO)C(=O)Cc2cc(NC(=O)Nc3ccc(C(F)(F)F)cc3)ccc2O[C@@H]1CN(C)C. The van der Waals surface area contributed by atoms with Crippen LogP contribution < -0.4 is 15.4 Å². The van der Waals surface area contributed by atoms with Gasteiger partial charge in [-0.15, -0.1) is 0 Å². The summed E-state index contributed by atoms with van der Waals surface area (Å²) in [5.41, 5.74) is 0.344. The number of rotatable bonds is 6. The number of urea groups is 1. The van der Waals surface area contributed by atoms with Crippen LogP contribution in [0.1, 0.15) is 25.0 Å². The van der Waals surface area contributed by atoms with Gasteiger partial charge < -0.3 is 30.3 Å². The van der Waals surface area contributed by atoms with Gasteiger partial charge in [-0.25, -0.2) is 4.79 Å². The number of likely N-dealkylation sites (N-methyl/N-ethyl adjacent to an activating group) is 1. The van der Waals surface area contributed by atoms with E-state index in [2.05, 4.69) is 10.6 Å². The molecule has 0 saturated carbocycles. The Hall–Kier alpha value is -3.31. The fourth-order valence-electron chi connectivity index (χ4n) is 4.12. The molecule has 0 spiro atoms. The van der Waals surface area contributed by atoms with Crippen molar-refractivity contribution in [2.45, 2.75) is 38.6 Å². The van der Waals surface area contributed by atoms with Crippen molar-refractivity contribution in [3.8, 4) is 5.75 Å². The van der Waals surface area contributed by atoms with E-state index in [1.165, 1.54) is 12.1 Å². The number of hydrogen-bond acceptors (Lipinski definition) is 5. The van der Waals surface area contributed by atoms with E-state index in [1.807, 2.05) is 25.9 Å². The molecule has 3 rings (SSSR count). The van der Waals surface area contributed by atoms with Crippen molar-refractivity contribution >= 4 is 23.3 Å². The molecule has 3 amide bonds. The van der Waals surface area contributed by atoms with Crippen LogP contribution in [0.4, 0.5) is 29.3 Å². The predicted molar refractivity (Wildman–Crippen MR) is 135 cm³/mol. The Labute approximate surface area is 214 Å². The number of alkyl halides is 3. The van der Waals surface area contributed by atoms with Crippen molar-refractivity contribution in [2.24, 2.45) is 5.92 Å². The molecule has 0 aromatic heterocycles. The Morgan fingerprint density at radius 2 is 1.78 bits per heavy atom. The number of benzene rings is 2. The van der Waals surface area contributed by atoms with Crippen LogP contribution in [0.15, 0.2) is 42.5 Å². The second kappa shape index (κ2) is 11.8. The molecule has 0 fully saturated rings. The first-order valence-corrected chi connectivity index (χ1v) is 12.0. The van der Waals surface area contributed by atoms with Gasteiger partial charge in [0.05, 0.1) is 24.6 Å². The van der Waals surface area contributed by atoms with Gasteiger partial charge in [0.25, 0.3) is 0 Å². The summed E-state index contributed by atoms with van der Waals surface area (Å²) < 4.78 is 44.6. The number of amides is 3. The van der Waals surface area contributed by atoms with Crippen molar-refractivity contribution in [3.05, 3.63) is 53.6 Å². The van der Waals surface area contributed by atoms with Gasteiger partial charge in [-0.3, -0.25) is 4.79 Å². The number of aliphatic hydroxyl groups is 1. The van der Waals surface area contributed by atoms with Crippen molar-refractivity contribution in [1.82, 2.24) is 9.80 Å². The van der Waals surface area contributed by atoms with E-state index >= 15 is 0 Å². The van der Waals surface area contributed by atoms with Crippen LogP contribution in [0.5, 0.6) is 5.75 Å². The molecule has 1 heterocycles. The first-order valence-electron chi connectivity index (χ1n) is 12.0. The summed E-state index contributed by atoms with van der Waals surface area (Å²) in [4.78, 5) is 29.3. The highest BCUT2D eigenvalue weighted by atomic mass is 19.4. The van der Waals surface area contributed by atoms with E-state index in [9.17, 15) is 27.9 Å². The van der Waals surface area contributed by atoms with Gasteiger partial charge in [0.1, 0.15) is 11.9 Å². The average Bonchev–Trinajstić information content (AvgIpc) is 2.86. The summed E-state index contributed by atoms with van der Waals surface area (Å²) in [5, 5.41) is 14.9. The maximum absolute atomic E-state index is 13.2. The lowest BCUT2D eigenvalue weighted by Crippen LogP contribution is -2.47. The van der Waals surface area contributed by atoms with Gasteiger partial charge in [0.2, 0.25) is 5.91 Å². The minimum Gasteiger partial charge on any atom is -0.488 e. The molecule has 0 unspecified atom stereocenters. The highest BCUT2D eigenvalue weighted by Gasteiger charge is 2.31. The first kappa shape index (κ1) is 28.3. The summed E-state index contributed by atoms with van der Waals surface area (Å²) in [5.74, 6) is 0.341. The third-order valence-corrected chi connectivity index (χ3v) is 6.19. The van der Waals surface area contributed by atoms with Crippen molar-refractivity contribution in [2.75, 3.05) is 44.4 Å². The van der Waals surface area contributed by atoms with Crippen LogP contribution in [0, 0.1) is 5.92 Å². The van der Waals surface area contributed by atoms with Gasteiger partial charge in [-0.05, 0) is 63.5 Å². The molecule has 2 aromatic rings. The van der Waals surface area contributed by atoms with Crippen molar-refractivity contribution in [1.29, 1.82) is 0 Å². The summed E-state index contributed by atoms with van der Waals surface area (Å²) in [6, 6.07) is 8.06. The second-order valence-corrected chi connectivity index (χ2v) is 9.63. The summed E-state index contributed by atoms with van der Waals surface area (Å²) in [6.45, 7) is 4.66. The normalized spacial score (nSPS) is 19.3. The molecule has 202 valence electrons. The monoisotopic (exact) mass is 522 g/mol. The van der Waals surface area contributed by atoms with Crippen LogP contribution in [0.25, 0.3) is 0 Å². The highest BCUT2D eigenvalue weighted by Crippen LogP contribution is 2.31. The molecule has 1 aliphatic rings. The fourth-order valence-corrected chi connectivity index (χ4v) is 4.12. The van der Waals surface area contributed by atoms with Crippen LogP contribution in [0.3, 0.4) is 0 Å². The maximum Gasteiger partial charge on any atom is 0.416 e. The number of anilines is 2. The Balaban J connectivity index is 1.81. The number of carbonyl (C=O) groups is 2. The van der Waals surface area contributed by atoms with E-state index in [0.29, 0.717) is 30.1 Å². The molecular weight excluding hydrogens is 489 g/mol. The van der Waals surface area contributed by atoms with Crippen LogP contribution in [-0.4, -0.2) is 72.8 Å². The Bertz CT molecular complexity index is 1090. The van der Waals surface area contributed by atoms with E-state index in [1.54, 1.807) is 30.0 Å². The quantitative estimate of drug-likeness (QED) is 0.532. The Morgan fingerprint density at radius 3 is 2.38 bits per heavy atom. The molecule has 1 aliphatic heterocycles. The predicted octanol–water partition coefficient (Wildman–Crippen LogP) is 4.06. The van der Waals surface area contributed by atoms with Gasteiger partial charge >= 0.3 is 12.2 Å². The van der Waals surface area contributed by atoms with Gasteiger partial charge in [-0.1, -0.05) is 6.92 Å². The summed E-state index contributed by atoms with van der Waals surface area (Å²) >= 11 is 0. The lowest BCUT2D eigenvalue weighted by molar-refractivity contribution is -0.137. The molecule has 11 heteroatoms. The van der Waals surface area contributed by atoms with Crippen LogP contribution in [-0.2, 0) is 17.4 Å². The van der Waals surface area contributed by atoms with E-state index < -0.39 is 17.8 Å². The molecule has 0 aliphatic carbocycles. The van der Waals surface area contributed by atoms with Crippen LogP contribution in [0.2, 0.25) is 0 Å². The summed E-state index contributed by atoms with van der Waals surface area (Å²) in [6.07, 6.45) is -4.68. The minimum atomic E-state index is -4.46. The zero-order valence-corrected chi connectivity index (χ0v) is 21.3. The molecule has 0 saturated heterocycles. The number of hydrogen-bond donors (Lipinski definition) is 3. The molecule has 3 atom stereocenters. The number of halogens is 3. The lowest BCUT2D eigenvalue weighted by atomic mass is 10.0. The molecule has 0 bridgehead atoms. The van der Waals surface area contributed by atoms with E-state index in [0.717, 1.165) is 12.1 Å². The second-order valence-electron chi connectivity index (χ2n) is 9.63. The molecule has 3 N–H and O–H groups in total. The maximum atomic E-state index is 13.2. The largest absolute Gasteiger partial charge is 0.488 e. The number of nitrogens with zero attached hydrogens (tertiary/aromatic N) is 2. The van der Waals surface area contributed by atoms with Gasteiger partial charge in [0.15, 0.2) is 0 Å². The smallest absolute Gasteiger partial charge is 0.416 e. The lowest BCUT2D eigenvalue weighted by Gasteiger charge is -2.33. The molecule has 0 radical (unpaired) electrons. The Kier molecular flexibility index (Phi) is 9.03. The molecule has 2 aromatic carbocycles. The third-order valence-electron chi connectivity index (χ3n) is 6.19. The number of nitrogens with one attached hydrogen (secondary N) is 2. The highest BCUT2D eigenvalue weighted by molar-refractivity contribution is 6.00. The zero-order valence-electron chi connectivity index (χ0n) is 21.3. The molecular formula is C26H33F3N4O4. The molecule has 37 heavy (non-hydrogen) atoms. The minimum absolute atomic E-state index is 0.0110. The standard InChI is InChI=1S/C26H33F3N4O4/c1-16-13-33(17(2)15-34)24(35)12-18-11-21(9-10-22(18)37-23(16)14-32(3)4)31-25(36)30-20-7-5-19(6-8-20)26(27,28)29/h5-11,16-17,23,34H,12-15H2,1-4H3,(H2,30,31,36)/t16-,17-,23-/m1/s1. The summed E-state index contributed by atoms with van der Waals surface area (Å²) in [7, 11) is 3.87. The Morgan fingerprint density at radius 1 is 1.16 bits per heavy atom.